The van der Waals surface area contributed by atoms with Gasteiger partial charge in [0.05, 0.1) is 17.3 Å². The third kappa shape index (κ3) is 2.58. The van der Waals surface area contributed by atoms with E-state index in [2.05, 4.69) is 5.32 Å². The number of rotatable bonds is 2. The molecule has 0 fully saturated rings. The Labute approximate surface area is 97.1 Å². The molecule has 2 aromatic rings. The van der Waals surface area contributed by atoms with Crippen LogP contribution < -0.4 is 5.32 Å². The lowest BCUT2D eigenvalue weighted by molar-refractivity contribution is 0.586. The van der Waals surface area contributed by atoms with Crippen LogP contribution in [0.5, 0.6) is 0 Å². The summed E-state index contributed by atoms with van der Waals surface area (Å²) in [6, 6.07) is 11.9. The summed E-state index contributed by atoms with van der Waals surface area (Å²) in [5.74, 6) is -1.30. The molecule has 4 heteroatoms. The average molecular weight is 230 g/mol. The smallest absolute Gasteiger partial charge is 0.149 e. The van der Waals surface area contributed by atoms with E-state index in [9.17, 15) is 8.78 Å². The van der Waals surface area contributed by atoms with Gasteiger partial charge in [-0.15, -0.1) is 0 Å². The van der Waals surface area contributed by atoms with Crippen LogP contribution in [0.4, 0.5) is 20.2 Å². The molecule has 0 atom stereocenters. The number of nitriles is 1. The third-order valence-electron chi connectivity index (χ3n) is 2.20. The Morgan fingerprint density at radius 2 is 1.88 bits per heavy atom. The molecule has 1 N–H and O–H groups in total. The Kier molecular flexibility index (Phi) is 3.01. The van der Waals surface area contributed by atoms with Crippen molar-refractivity contribution in [2.24, 2.45) is 0 Å². The minimum atomic E-state index is -0.674. The number of benzene rings is 2. The molecule has 2 aromatic carbocycles. The second-order valence-corrected chi connectivity index (χ2v) is 3.44. The summed E-state index contributed by atoms with van der Waals surface area (Å²) in [5, 5.41) is 11.5. The van der Waals surface area contributed by atoms with Crippen molar-refractivity contribution >= 4 is 11.4 Å². The van der Waals surface area contributed by atoms with E-state index in [1.807, 2.05) is 6.07 Å². The molecule has 84 valence electrons. The second kappa shape index (κ2) is 4.62. The predicted molar refractivity (Wildman–Crippen MR) is 60.8 cm³/mol. The van der Waals surface area contributed by atoms with Crippen LogP contribution in [0.15, 0.2) is 42.5 Å². The van der Waals surface area contributed by atoms with Crippen molar-refractivity contribution in [3.05, 3.63) is 59.7 Å². The van der Waals surface area contributed by atoms with Crippen LogP contribution in [0.25, 0.3) is 0 Å². The van der Waals surface area contributed by atoms with Crippen molar-refractivity contribution in [2.75, 3.05) is 5.32 Å². The highest BCUT2D eigenvalue weighted by Gasteiger charge is 2.04. The molecule has 0 amide bonds. The Morgan fingerprint density at radius 1 is 1.06 bits per heavy atom. The molecule has 0 saturated heterocycles. The molecule has 0 aromatic heterocycles. The zero-order chi connectivity index (χ0) is 12.3. The molecule has 0 unspecified atom stereocenters. The molecule has 2 nitrogen and oxygen atoms in total. The van der Waals surface area contributed by atoms with Crippen molar-refractivity contribution in [3.8, 4) is 6.07 Å². The molecule has 0 aliphatic rings. The van der Waals surface area contributed by atoms with Gasteiger partial charge < -0.3 is 5.32 Å². The zero-order valence-electron chi connectivity index (χ0n) is 8.74. The number of nitrogens with zero attached hydrogens (tertiary/aromatic N) is 1. The van der Waals surface area contributed by atoms with Gasteiger partial charge in [0, 0.05) is 11.8 Å². The van der Waals surface area contributed by atoms with E-state index in [1.165, 1.54) is 12.1 Å². The van der Waals surface area contributed by atoms with Gasteiger partial charge in [-0.1, -0.05) is 6.07 Å². The molecule has 17 heavy (non-hydrogen) atoms. The fourth-order valence-corrected chi connectivity index (χ4v) is 1.41. The molecule has 0 bridgehead atoms. The maximum absolute atomic E-state index is 13.4. The first-order chi connectivity index (χ1) is 8.19. The van der Waals surface area contributed by atoms with Gasteiger partial charge in [-0.3, -0.25) is 0 Å². The van der Waals surface area contributed by atoms with Gasteiger partial charge in [-0.25, -0.2) is 8.78 Å². The van der Waals surface area contributed by atoms with Gasteiger partial charge in [0.25, 0.3) is 0 Å². The summed E-state index contributed by atoms with van der Waals surface area (Å²) in [6.45, 7) is 0. The van der Waals surface area contributed by atoms with E-state index in [0.29, 0.717) is 11.3 Å². The molecule has 0 saturated carbocycles. The molecular weight excluding hydrogens is 222 g/mol. The number of hydrogen-bond donors (Lipinski definition) is 1. The standard InChI is InChI=1S/C13H8F2N2/c14-10-4-5-13(12(15)7-10)17-11-3-1-2-9(6-11)8-16/h1-7,17H. The van der Waals surface area contributed by atoms with E-state index >= 15 is 0 Å². The van der Waals surface area contributed by atoms with Crippen molar-refractivity contribution < 1.29 is 8.78 Å². The maximum atomic E-state index is 13.4. The second-order valence-electron chi connectivity index (χ2n) is 3.44. The summed E-state index contributed by atoms with van der Waals surface area (Å²) in [5.41, 5.74) is 1.22. The Hall–Kier alpha value is -2.41. The molecule has 0 heterocycles. The first kappa shape index (κ1) is 11.1. The average Bonchev–Trinajstić information content (AvgIpc) is 2.33. The first-order valence-electron chi connectivity index (χ1n) is 4.91. The Morgan fingerprint density at radius 3 is 2.59 bits per heavy atom. The predicted octanol–water partition coefficient (Wildman–Crippen LogP) is 3.58. The van der Waals surface area contributed by atoms with E-state index in [4.69, 9.17) is 5.26 Å². The minimum absolute atomic E-state index is 0.168. The van der Waals surface area contributed by atoms with Crippen LogP contribution in [0, 0.1) is 23.0 Å². The van der Waals surface area contributed by atoms with E-state index in [-0.39, 0.29) is 5.69 Å². The van der Waals surface area contributed by atoms with Crippen LogP contribution >= 0.6 is 0 Å². The lowest BCUT2D eigenvalue weighted by atomic mass is 10.2. The maximum Gasteiger partial charge on any atom is 0.149 e. The molecule has 2 rings (SSSR count). The van der Waals surface area contributed by atoms with Gasteiger partial charge >= 0.3 is 0 Å². The lowest BCUT2D eigenvalue weighted by Gasteiger charge is -2.07. The summed E-state index contributed by atoms with van der Waals surface area (Å²) in [6.07, 6.45) is 0. The summed E-state index contributed by atoms with van der Waals surface area (Å²) >= 11 is 0. The van der Waals surface area contributed by atoms with Crippen LogP contribution in [0.3, 0.4) is 0 Å². The summed E-state index contributed by atoms with van der Waals surface area (Å²) in [4.78, 5) is 0. The SMILES string of the molecule is N#Cc1cccc(Nc2ccc(F)cc2F)c1. The Balaban J connectivity index is 2.28. The van der Waals surface area contributed by atoms with E-state index in [0.717, 1.165) is 6.07 Å². The lowest BCUT2D eigenvalue weighted by Crippen LogP contribution is -1.94. The first-order valence-corrected chi connectivity index (χ1v) is 4.91. The monoisotopic (exact) mass is 230 g/mol. The minimum Gasteiger partial charge on any atom is -0.353 e. The molecule has 0 aliphatic carbocycles. The highest BCUT2D eigenvalue weighted by atomic mass is 19.1. The van der Waals surface area contributed by atoms with Gasteiger partial charge in [0.1, 0.15) is 11.6 Å². The quantitative estimate of drug-likeness (QED) is 0.855. The molecule has 0 aliphatic heterocycles. The van der Waals surface area contributed by atoms with Gasteiger partial charge in [-0.05, 0) is 30.3 Å². The van der Waals surface area contributed by atoms with E-state index < -0.39 is 11.6 Å². The topological polar surface area (TPSA) is 35.8 Å². The third-order valence-corrected chi connectivity index (χ3v) is 2.20. The van der Waals surface area contributed by atoms with Gasteiger partial charge in [0.2, 0.25) is 0 Å². The van der Waals surface area contributed by atoms with Crippen molar-refractivity contribution in [1.82, 2.24) is 0 Å². The fourth-order valence-electron chi connectivity index (χ4n) is 1.41. The highest BCUT2D eigenvalue weighted by molar-refractivity contribution is 5.61. The van der Waals surface area contributed by atoms with Gasteiger partial charge in [0.15, 0.2) is 0 Å². The summed E-state index contributed by atoms with van der Waals surface area (Å²) < 4.78 is 26.0. The number of halogens is 2. The van der Waals surface area contributed by atoms with Crippen molar-refractivity contribution in [3.63, 3.8) is 0 Å². The normalized spacial score (nSPS) is 9.71. The number of hydrogen-bond acceptors (Lipinski definition) is 2. The number of nitrogens with one attached hydrogen (secondary N) is 1. The highest BCUT2D eigenvalue weighted by Crippen LogP contribution is 2.21. The van der Waals surface area contributed by atoms with Crippen LogP contribution in [0.1, 0.15) is 5.56 Å². The summed E-state index contributed by atoms with van der Waals surface area (Å²) in [7, 11) is 0. The van der Waals surface area contributed by atoms with Crippen LogP contribution in [-0.4, -0.2) is 0 Å². The van der Waals surface area contributed by atoms with Crippen molar-refractivity contribution in [1.29, 1.82) is 5.26 Å². The molecular formula is C13H8F2N2. The Bertz CT molecular complexity index is 588. The molecule has 0 radical (unpaired) electrons. The van der Waals surface area contributed by atoms with Crippen molar-refractivity contribution in [2.45, 2.75) is 0 Å². The number of anilines is 2. The zero-order valence-corrected chi connectivity index (χ0v) is 8.74. The van der Waals surface area contributed by atoms with Crippen LogP contribution in [-0.2, 0) is 0 Å². The van der Waals surface area contributed by atoms with Gasteiger partial charge in [-0.2, -0.15) is 5.26 Å². The van der Waals surface area contributed by atoms with E-state index in [1.54, 1.807) is 24.3 Å². The largest absolute Gasteiger partial charge is 0.353 e. The molecule has 0 spiro atoms. The van der Waals surface area contributed by atoms with Crippen LogP contribution in [0.2, 0.25) is 0 Å². The fraction of sp³-hybridized carbons (Fsp3) is 0.